The first kappa shape index (κ1) is 17.7. The van der Waals surface area contributed by atoms with E-state index in [1.54, 1.807) is 13.2 Å². The van der Waals surface area contributed by atoms with Gasteiger partial charge in [-0.1, -0.05) is 0 Å². The van der Waals surface area contributed by atoms with Gasteiger partial charge in [0.15, 0.2) is 0 Å². The van der Waals surface area contributed by atoms with Crippen molar-refractivity contribution in [2.45, 2.75) is 43.6 Å². The van der Waals surface area contributed by atoms with Gasteiger partial charge in [-0.3, -0.25) is 15.0 Å². The second kappa shape index (κ2) is 7.13. The molecule has 2 saturated heterocycles. The van der Waals surface area contributed by atoms with Gasteiger partial charge in [0.05, 0.1) is 12.1 Å². The van der Waals surface area contributed by atoms with Crippen LogP contribution in [0.3, 0.4) is 0 Å². The van der Waals surface area contributed by atoms with Gasteiger partial charge in [-0.15, -0.1) is 0 Å². The Morgan fingerprint density at radius 3 is 3.15 bits per heavy atom. The predicted molar refractivity (Wildman–Crippen MR) is 94.7 cm³/mol. The Hall–Kier alpha value is -1.70. The van der Waals surface area contributed by atoms with Crippen molar-refractivity contribution in [3.8, 4) is 5.75 Å². The smallest absolute Gasteiger partial charge is 0.255 e. The molecule has 1 aromatic rings. The minimum Gasteiger partial charge on any atom is -0.483 e. The van der Waals surface area contributed by atoms with Crippen molar-refractivity contribution >= 4 is 5.91 Å². The number of nitrogens with one attached hydrogen (secondary N) is 2. The summed E-state index contributed by atoms with van der Waals surface area (Å²) in [4.78, 5) is 14.7. The van der Waals surface area contributed by atoms with E-state index in [4.69, 9.17) is 9.47 Å². The number of methoxy groups -OCH3 is 1. The number of piperidine rings is 1. The molecule has 26 heavy (non-hydrogen) atoms. The molecule has 0 radical (unpaired) electrons. The lowest BCUT2D eigenvalue weighted by Gasteiger charge is -2.34. The maximum atomic E-state index is 13.5. The number of fused-ring (bicyclic) bond motifs is 1. The van der Waals surface area contributed by atoms with E-state index in [0.29, 0.717) is 18.3 Å². The fraction of sp³-hybridized carbons (Fsp3) is 0.632. The van der Waals surface area contributed by atoms with Gasteiger partial charge in [-0.25, -0.2) is 4.39 Å². The molecule has 4 rings (SSSR count). The number of amides is 1. The van der Waals surface area contributed by atoms with Crippen LogP contribution in [0.1, 0.15) is 36.0 Å². The van der Waals surface area contributed by atoms with Crippen LogP contribution in [0.4, 0.5) is 4.39 Å². The topological polar surface area (TPSA) is 62.8 Å². The first-order chi connectivity index (χ1) is 12.6. The molecule has 2 N–H and O–H groups in total. The Morgan fingerprint density at radius 2 is 2.31 bits per heavy atom. The Morgan fingerprint density at radius 1 is 1.42 bits per heavy atom. The highest BCUT2D eigenvalue weighted by Crippen LogP contribution is 2.33. The second-order valence-electron chi connectivity index (χ2n) is 7.61. The SMILES string of the molecule is COC1CCCC(CN2CC[C@]3(CNC(=O)c4cc(F)ccc4O3)C2)N1. The van der Waals surface area contributed by atoms with Crippen LogP contribution in [-0.4, -0.2) is 62.0 Å². The summed E-state index contributed by atoms with van der Waals surface area (Å²) in [5.74, 6) is -0.229. The molecule has 2 fully saturated rings. The van der Waals surface area contributed by atoms with Crippen molar-refractivity contribution in [2.75, 3.05) is 33.3 Å². The molecule has 3 aliphatic rings. The van der Waals surface area contributed by atoms with Crippen LogP contribution in [0.15, 0.2) is 18.2 Å². The number of carbonyl (C=O) groups excluding carboxylic acids is 1. The van der Waals surface area contributed by atoms with Crippen molar-refractivity contribution in [3.05, 3.63) is 29.6 Å². The van der Waals surface area contributed by atoms with Crippen molar-refractivity contribution in [3.63, 3.8) is 0 Å². The molecule has 0 bridgehead atoms. The molecule has 0 aliphatic carbocycles. The van der Waals surface area contributed by atoms with Crippen LogP contribution >= 0.6 is 0 Å². The summed E-state index contributed by atoms with van der Waals surface area (Å²) in [5.41, 5.74) is -0.175. The minimum atomic E-state index is -0.450. The van der Waals surface area contributed by atoms with E-state index in [1.807, 2.05) is 0 Å². The molecular weight excluding hydrogens is 337 g/mol. The summed E-state index contributed by atoms with van der Waals surface area (Å²) in [7, 11) is 1.74. The molecule has 1 aromatic carbocycles. The Balaban J connectivity index is 1.44. The maximum absolute atomic E-state index is 13.5. The molecule has 7 heteroatoms. The number of halogens is 1. The summed E-state index contributed by atoms with van der Waals surface area (Å²) >= 11 is 0. The summed E-state index contributed by atoms with van der Waals surface area (Å²) in [5, 5.41) is 6.45. The molecular formula is C19H26FN3O3. The van der Waals surface area contributed by atoms with Gasteiger partial charge in [-0.05, 0) is 37.5 Å². The lowest BCUT2D eigenvalue weighted by molar-refractivity contribution is 0.0282. The van der Waals surface area contributed by atoms with E-state index in [0.717, 1.165) is 38.9 Å². The van der Waals surface area contributed by atoms with Gasteiger partial charge in [0.1, 0.15) is 23.4 Å². The summed E-state index contributed by atoms with van der Waals surface area (Å²) < 4.78 is 25.2. The molecule has 3 aliphatic heterocycles. The average Bonchev–Trinajstić information content (AvgIpc) is 2.98. The van der Waals surface area contributed by atoms with Crippen LogP contribution in [0.5, 0.6) is 5.75 Å². The predicted octanol–water partition coefficient (Wildman–Crippen LogP) is 1.51. The Kier molecular flexibility index (Phi) is 4.86. The number of hydrogen-bond acceptors (Lipinski definition) is 5. The number of rotatable bonds is 3. The molecule has 1 spiro atoms. The standard InChI is InChI=1S/C19H26FN3O3/c1-25-17-4-2-3-14(22-17)10-23-8-7-19(12-23)11-21-18(24)15-9-13(20)5-6-16(15)26-19/h5-6,9,14,17,22H,2-4,7-8,10-12H2,1H3,(H,21,24)/t14?,17?,19-/m0/s1. The van der Waals surface area contributed by atoms with Gasteiger partial charge in [-0.2, -0.15) is 0 Å². The molecule has 1 amide bonds. The number of hydrogen-bond donors (Lipinski definition) is 2. The van der Waals surface area contributed by atoms with Gasteiger partial charge in [0.2, 0.25) is 0 Å². The van der Waals surface area contributed by atoms with E-state index >= 15 is 0 Å². The normalized spacial score (nSPS) is 32.0. The van der Waals surface area contributed by atoms with Gasteiger partial charge in [0, 0.05) is 39.2 Å². The highest BCUT2D eigenvalue weighted by molar-refractivity contribution is 5.97. The van der Waals surface area contributed by atoms with Crippen LogP contribution in [0.2, 0.25) is 0 Å². The highest BCUT2D eigenvalue weighted by atomic mass is 19.1. The minimum absolute atomic E-state index is 0.139. The van der Waals surface area contributed by atoms with Gasteiger partial charge in [0.25, 0.3) is 5.91 Å². The van der Waals surface area contributed by atoms with Crippen LogP contribution < -0.4 is 15.4 Å². The lowest BCUT2D eigenvalue weighted by Crippen LogP contribution is -2.51. The molecule has 0 aromatic heterocycles. The fourth-order valence-electron chi connectivity index (χ4n) is 4.31. The van der Waals surface area contributed by atoms with E-state index in [1.165, 1.54) is 18.6 Å². The Labute approximate surface area is 153 Å². The van der Waals surface area contributed by atoms with Crippen molar-refractivity contribution in [2.24, 2.45) is 0 Å². The van der Waals surface area contributed by atoms with Crippen LogP contribution in [0.25, 0.3) is 0 Å². The molecule has 2 unspecified atom stereocenters. The van der Waals surface area contributed by atoms with Crippen molar-refractivity contribution < 1.29 is 18.7 Å². The van der Waals surface area contributed by atoms with E-state index < -0.39 is 11.4 Å². The van der Waals surface area contributed by atoms with Gasteiger partial charge >= 0.3 is 0 Å². The molecule has 3 heterocycles. The third kappa shape index (κ3) is 3.56. The summed E-state index contributed by atoms with van der Waals surface area (Å²) in [6.45, 7) is 3.05. The van der Waals surface area contributed by atoms with Crippen LogP contribution in [0, 0.1) is 5.82 Å². The summed E-state index contributed by atoms with van der Waals surface area (Å²) in [6, 6.07) is 4.55. The van der Waals surface area contributed by atoms with Crippen LogP contribution in [-0.2, 0) is 4.74 Å². The second-order valence-corrected chi connectivity index (χ2v) is 7.61. The van der Waals surface area contributed by atoms with Crippen molar-refractivity contribution in [1.82, 2.24) is 15.5 Å². The quantitative estimate of drug-likeness (QED) is 0.852. The zero-order valence-electron chi connectivity index (χ0n) is 15.1. The largest absolute Gasteiger partial charge is 0.483 e. The van der Waals surface area contributed by atoms with E-state index in [9.17, 15) is 9.18 Å². The van der Waals surface area contributed by atoms with E-state index in [2.05, 4.69) is 15.5 Å². The fourth-order valence-corrected chi connectivity index (χ4v) is 4.31. The third-order valence-electron chi connectivity index (χ3n) is 5.68. The van der Waals surface area contributed by atoms with Crippen molar-refractivity contribution in [1.29, 1.82) is 0 Å². The average molecular weight is 363 g/mol. The number of ether oxygens (including phenoxy) is 2. The maximum Gasteiger partial charge on any atom is 0.255 e. The Bertz CT molecular complexity index is 686. The molecule has 142 valence electrons. The molecule has 6 nitrogen and oxygen atoms in total. The lowest BCUT2D eigenvalue weighted by atomic mass is 10.0. The first-order valence-electron chi connectivity index (χ1n) is 9.35. The molecule has 0 saturated carbocycles. The summed E-state index contributed by atoms with van der Waals surface area (Å²) in [6.07, 6.45) is 4.34. The molecule has 3 atom stereocenters. The van der Waals surface area contributed by atoms with E-state index in [-0.39, 0.29) is 17.7 Å². The third-order valence-corrected chi connectivity index (χ3v) is 5.68. The number of carbonyl (C=O) groups is 1. The zero-order chi connectivity index (χ0) is 18.1. The highest BCUT2D eigenvalue weighted by Gasteiger charge is 2.43. The number of benzene rings is 1. The zero-order valence-corrected chi connectivity index (χ0v) is 15.1. The number of likely N-dealkylation sites (tertiary alicyclic amines) is 1. The number of nitrogens with zero attached hydrogens (tertiary/aromatic N) is 1. The van der Waals surface area contributed by atoms with Gasteiger partial charge < -0.3 is 14.8 Å². The first-order valence-corrected chi connectivity index (χ1v) is 9.35. The monoisotopic (exact) mass is 363 g/mol.